The number of phenolic OH excluding ortho intramolecular Hbond substituents is 1. The molecule has 2 rings (SSSR count). The first-order valence-corrected chi connectivity index (χ1v) is 6.90. The maximum Gasteiger partial charge on any atom is 0.342 e. The Balaban J connectivity index is 2.01. The van der Waals surface area contributed by atoms with Crippen LogP contribution in [-0.2, 0) is 9.53 Å². The van der Waals surface area contributed by atoms with Crippen LogP contribution in [0.1, 0.15) is 17.3 Å². The highest BCUT2D eigenvalue weighted by atomic mass is 35.5. The Labute approximate surface area is 132 Å². The second kappa shape index (κ2) is 6.95. The monoisotopic (exact) mass is 319 g/mol. The number of hydrogen-bond donors (Lipinski definition) is 2. The SMILES string of the molecule is CC(OC(=O)c1cc(Cl)ccc1O)C(=O)Nc1ccccc1. The third-order valence-corrected chi connectivity index (χ3v) is 3.11. The molecule has 0 saturated heterocycles. The molecule has 0 aliphatic carbocycles. The molecule has 0 aliphatic rings. The summed E-state index contributed by atoms with van der Waals surface area (Å²) in [6, 6.07) is 12.8. The summed E-state index contributed by atoms with van der Waals surface area (Å²) in [5.41, 5.74) is 0.507. The van der Waals surface area contributed by atoms with E-state index in [0.29, 0.717) is 5.69 Å². The Kier molecular flexibility index (Phi) is 5.01. The number of halogens is 1. The predicted octanol–water partition coefficient (Wildman–Crippen LogP) is 3.23. The van der Waals surface area contributed by atoms with Gasteiger partial charge in [-0.05, 0) is 37.3 Å². The Morgan fingerprint density at radius 1 is 1.18 bits per heavy atom. The Morgan fingerprint density at radius 3 is 2.55 bits per heavy atom. The minimum absolute atomic E-state index is 0.0909. The maximum absolute atomic E-state index is 12.0. The first-order chi connectivity index (χ1) is 10.5. The smallest absolute Gasteiger partial charge is 0.342 e. The van der Waals surface area contributed by atoms with Crippen LogP contribution < -0.4 is 5.32 Å². The first kappa shape index (κ1) is 15.9. The van der Waals surface area contributed by atoms with Gasteiger partial charge in [0.25, 0.3) is 5.91 Å². The number of anilines is 1. The molecular formula is C16H14ClNO4. The number of aromatic hydroxyl groups is 1. The molecule has 0 spiro atoms. The lowest BCUT2D eigenvalue weighted by Gasteiger charge is -2.14. The van der Waals surface area contributed by atoms with Crippen LogP contribution in [0.4, 0.5) is 5.69 Å². The zero-order chi connectivity index (χ0) is 16.1. The minimum atomic E-state index is -1.02. The first-order valence-electron chi connectivity index (χ1n) is 6.53. The van der Waals surface area contributed by atoms with Crippen molar-refractivity contribution in [2.24, 2.45) is 0 Å². The molecule has 22 heavy (non-hydrogen) atoms. The van der Waals surface area contributed by atoms with E-state index in [1.807, 2.05) is 6.07 Å². The van der Waals surface area contributed by atoms with Crippen molar-refractivity contribution >= 4 is 29.2 Å². The molecule has 0 heterocycles. The normalized spacial score (nSPS) is 11.5. The van der Waals surface area contributed by atoms with Crippen LogP contribution in [0.25, 0.3) is 0 Å². The summed E-state index contributed by atoms with van der Waals surface area (Å²) in [7, 11) is 0. The number of hydrogen-bond acceptors (Lipinski definition) is 4. The van der Waals surface area contributed by atoms with Gasteiger partial charge >= 0.3 is 5.97 Å². The number of benzene rings is 2. The molecular weight excluding hydrogens is 306 g/mol. The van der Waals surface area contributed by atoms with Crippen molar-refractivity contribution in [1.82, 2.24) is 0 Å². The van der Waals surface area contributed by atoms with E-state index >= 15 is 0 Å². The standard InChI is InChI=1S/C16H14ClNO4/c1-10(15(20)18-12-5-3-2-4-6-12)22-16(21)13-9-11(17)7-8-14(13)19/h2-10,19H,1H3,(H,18,20). The van der Waals surface area contributed by atoms with Crippen molar-refractivity contribution in [3.05, 3.63) is 59.1 Å². The highest BCUT2D eigenvalue weighted by Crippen LogP contribution is 2.22. The van der Waals surface area contributed by atoms with Crippen molar-refractivity contribution in [3.8, 4) is 5.75 Å². The highest BCUT2D eigenvalue weighted by molar-refractivity contribution is 6.31. The van der Waals surface area contributed by atoms with E-state index in [2.05, 4.69) is 5.32 Å². The topological polar surface area (TPSA) is 75.6 Å². The summed E-state index contributed by atoms with van der Waals surface area (Å²) < 4.78 is 5.04. The van der Waals surface area contributed by atoms with E-state index in [4.69, 9.17) is 16.3 Å². The van der Waals surface area contributed by atoms with E-state index in [0.717, 1.165) is 0 Å². The Bertz CT molecular complexity index is 688. The van der Waals surface area contributed by atoms with Gasteiger partial charge in [-0.1, -0.05) is 29.8 Å². The van der Waals surface area contributed by atoms with Gasteiger partial charge < -0.3 is 15.2 Å². The van der Waals surface area contributed by atoms with Crippen LogP contribution in [0.2, 0.25) is 5.02 Å². The quantitative estimate of drug-likeness (QED) is 0.848. The van der Waals surface area contributed by atoms with E-state index in [1.165, 1.54) is 25.1 Å². The van der Waals surface area contributed by atoms with Gasteiger partial charge in [0.2, 0.25) is 0 Å². The second-order valence-electron chi connectivity index (χ2n) is 4.56. The average molecular weight is 320 g/mol. The van der Waals surface area contributed by atoms with Gasteiger partial charge in [-0.25, -0.2) is 4.79 Å². The number of nitrogens with one attached hydrogen (secondary N) is 1. The van der Waals surface area contributed by atoms with Gasteiger partial charge in [-0.15, -0.1) is 0 Å². The molecule has 0 aromatic heterocycles. The molecule has 2 aromatic rings. The zero-order valence-corrected chi connectivity index (χ0v) is 12.5. The summed E-state index contributed by atoms with van der Waals surface area (Å²) in [6.07, 6.45) is -1.02. The Hall–Kier alpha value is -2.53. The summed E-state index contributed by atoms with van der Waals surface area (Å²) in [4.78, 5) is 23.9. The molecule has 1 atom stereocenters. The van der Waals surface area contributed by atoms with Crippen molar-refractivity contribution in [2.45, 2.75) is 13.0 Å². The van der Waals surface area contributed by atoms with E-state index < -0.39 is 18.0 Å². The molecule has 0 bridgehead atoms. The number of para-hydroxylation sites is 1. The fourth-order valence-electron chi connectivity index (χ4n) is 1.71. The molecule has 0 saturated carbocycles. The van der Waals surface area contributed by atoms with E-state index in [1.54, 1.807) is 24.3 Å². The van der Waals surface area contributed by atoms with Gasteiger partial charge in [0.05, 0.1) is 0 Å². The van der Waals surface area contributed by atoms with Crippen molar-refractivity contribution in [1.29, 1.82) is 0 Å². The number of ether oxygens (including phenoxy) is 1. The van der Waals surface area contributed by atoms with Gasteiger partial charge in [-0.2, -0.15) is 0 Å². The predicted molar refractivity (Wildman–Crippen MR) is 83.1 cm³/mol. The molecule has 2 aromatic carbocycles. The van der Waals surface area contributed by atoms with Crippen LogP contribution in [0.5, 0.6) is 5.75 Å². The largest absolute Gasteiger partial charge is 0.507 e. The third kappa shape index (κ3) is 3.99. The third-order valence-electron chi connectivity index (χ3n) is 2.87. The van der Waals surface area contributed by atoms with Crippen LogP contribution in [0, 0.1) is 0 Å². The number of carbonyl (C=O) groups excluding carboxylic acids is 2. The fraction of sp³-hybridized carbons (Fsp3) is 0.125. The summed E-state index contributed by atoms with van der Waals surface area (Å²) in [5.74, 6) is -1.55. The minimum Gasteiger partial charge on any atom is -0.507 e. The lowest BCUT2D eigenvalue weighted by molar-refractivity contribution is -0.123. The van der Waals surface area contributed by atoms with Crippen LogP contribution in [0.3, 0.4) is 0 Å². The summed E-state index contributed by atoms with van der Waals surface area (Å²) in [5, 5.41) is 12.5. The number of rotatable bonds is 4. The molecule has 5 nitrogen and oxygen atoms in total. The van der Waals surface area contributed by atoms with Gasteiger partial charge in [0, 0.05) is 10.7 Å². The van der Waals surface area contributed by atoms with Crippen molar-refractivity contribution in [3.63, 3.8) is 0 Å². The Morgan fingerprint density at radius 2 is 1.86 bits per heavy atom. The maximum atomic E-state index is 12.0. The fourth-order valence-corrected chi connectivity index (χ4v) is 1.89. The van der Waals surface area contributed by atoms with Crippen molar-refractivity contribution < 1.29 is 19.4 Å². The second-order valence-corrected chi connectivity index (χ2v) is 5.00. The number of carbonyl (C=O) groups is 2. The van der Waals surface area contributed by atoms with Crippen molar-refractivity contribution in [2.75, 3.05) is 5.32 Å². The number of amides is 1. The lowest BCUT2D eigenvalue weighted by atomic mass is 10.2. The molecule has 1 unspecified atom stereocenters. The molecule has 114 valence electrons. The van der Waals surface area contributed by atoms with Crippen LogP contribution in [-0.4, -0.2) is 23.1 Å². The molecule has 0 fully saturated rings. The average Bonchev–Trinajstić information content (AvgIpc) is 2.50. The number of phenols is 1. The van der Waals surface area contributed by atoms with Gasteiger partial charge in [0.15, 0.2) is 6.10 Å². The summed E-state index contributed by atoms with van der Waals surface area (Å²) in [6.45, 7) is 1.44. The van der Waals surface area contributed by atoms with Crippen LogP contribution >= 0.6 is 11.6 Å². The van der Waals surface area contributed by atoms with Gasteiger partial charge in [-0.3, -0.25) is 4.79 Å². The lowest BCUT2D eigenvalue weighted by Crippen LogP contribution is -2.30. The van der Waals surface area contributed by atoms with E-state index in [9.17, 15) is 14.7 Å². The number of esters is 1. The molecule has 2 N–H and O–H groups in total. The van der Waals surface area contributed by atoms with Crippen LogP contribution in [0.15, 0.2) is 48.5 Å². The zero-order valence-electron chi connectivity index (χ0n) is 11.7. The highest BCUT2D eigenvalue weighted by Gasteiger charge is 2.21. The molecule has 0 aliphatic heterocycles. The van der Waals surface area contributed by atoms with E-state index in [-0.39, 0.29) is 16.3 Å². The molecule has 1 amide bonds. The molecule has 6 heteroatoms. The molecule has 0 radical (unpaired) electrons. The summed E-state index contributed by atoms with van der Waals surface area (Å²) >= 11 is 5.77. The van der Waals surface area contributed by atoms with Gasteiger partial charge in [0.1, 0.15) is 11.3 Å².